The lowest BCUT2D eigenvalue weighted by atomic mass is 10.1. The van der Waals surface area contributed by atoms with Crippen molar-refractivity contribution in [1.29, 1.82) is 5.26 Å². The average Bonchev–Trinajstić information content (AvgIpc) is 2.81. The van der Waals surface area contributed by atoms with Gasteiger partial charge in [0.05, 0.1) is 18.2 Å². The summed E-state index contributed by atoms with van der Waals surface area (Å²) >= 11 is 0. The molecule has 86 valence electrons. The van der Waals surface area contributed by atoms with E-state index in [9.17, 15) is 0 Å². The summed E-state index contributed by atoms with van der Waals surface area (Å²) in [6.07, 6.45) is 2.20. The van der Waals surface area contributed by atoms with E-state index in [1.807, 2.05) is 36.4 Å². The maximum atomic E-state index is 8.70. The van der Waals surface area contributed by atoms with Crippen LogP contribution in [0.15, 0.2) is 48.7 Å². The molecular weight excluding hydrogens is 222 g/mol. The molecule has 1 N–H and O–H groups in total. The molecule has 3 rings (SSSR count). The molecule has 0 unspecified atom stereocenters. The van der Waals surface area contributed by atoms with E-state index in [0.29, 0.717) is 6.42 Å². The molecule has 3 nitrogen and oxygen atoms in total. The molecule has 0 aliphatic rings. The maximum Gasteiger partial charge on any atom is 0.0752 e. The third kappa shape index (κ3) is 1.85. The van der Waals surface area contributed by atoms with Gasteiger partial charge in [-0.05, 0) is 30.3 Å². The average molecular weight is 233 g/mol. The molecule has 0 radical (unpaired) electrons. The van der Waals surface area contributed by atoms with Gasteiger partial charge in [0, 0.05) is 28.4 Å². The molecule has 0 saturated carbocycles. The SMILES string of the molecule is N#CCc1cc2cc(-c3ccccn3)ccc2[nH]1. The summed E-state index contributed by atoms with van der Waals surface area (Å²) in [7, 11) is 0. The number of aromatic nitrogens is 2. The van der Waals surface area contributed by atoms with Gasteiger partial charge >= 0.3 is 0 Å². The number of aromatic amines is 1. The van der Waals surface area contributed by atoms with Crippen LogP contribution >= 0.6 is 0 Å². The van der Waals surface area contributed by atoms with Gasteiger partial charge in [0.2, 0.25) is 0 Å². The largest absolute Gasteiger partial charge is 0.358 e. The second kappa shape index (κ2) is 4.34. The first-order chi connectivity index (χ1) is 8.86. The molecule has 0 aliphatic heterocycles. The van der Waals surface area contributed by atoms with E-state index in [0.717, 1.165) is 27.9 Å². The van der Waals surface area contributed by atoms with Crippen LogP contribution < -0.4 is 0 Å². The minimum absolute atomic E-state index is 0.410. The number of nitrogens with zero attached hydrogens (tertiary/aromatic N) is 2. The van der Waals surface area contributed by atoms with Crippen LogP contribution in [-0.2, 0) is 6.42 Å². The molecule has 18 heavy (non-hydrogen) atoms. The van der Waals surface area contributed by atoms with Gasteiger partial charge in [-0.1, -0.05) is 12.1 Å². The number of fused-ring (bicyclic) bond motifs is 1. The lowest BCUT2D eigenvalue weighted by molar-refractivity contribution is 1.17. The van der Waals surface area contributed by atoms with Crippen molar-refractivity contribution in [3.05, 3.63) is 54.4 Å². The number of pyridine rings is 1. The Bertz CT molecular complexity index is 720. The number of hydrogen-bond acceptors (Lipinski definition) is 2. The summed E-state index contributed by atoms with van der Waals surface area (Å²) < 4.78 is 0. The Morgan fingerprint density at radius 3 is 2.89 bits per heavy atom. The molecular formula is C15H11N3. The predicted octanol–water partition coefficient (Wildman–Crippen LogP) is 3.30. The number of rotatable bonds is 2. The van der Waals surface area contributed by atoms with Gasteiger partial charge in [0.25, 0.3) is 0 Å². The summed E-state index contributed by atoms with van der Waals surface area (Å²) in [4.78, 5) is 7.57. The van der Waals surface area contributed by atoms with E-state index in [1.165, 1.54) is 0 Å². The fourth-order valence-corrected chi connectivity index (χ4v) is 2.07. The summed E-state index contributed by atoms with van der Waals surface area (Å²) in [5.74, 6) is 0. The number of nitriles is 1. The van der Waals surface area contributed by atoms with E-state index >= 15 is 0 Å². The standard InChI is InChI=1S/C15H11N3/c16-7-6-13-10-12-9-11(4-5-15(12)18-13)14-3-1-2-8-17-14/h1-5,8-10,18H,6H2. The molecule has 0 aliphatic carbocycles. The maximum absolute atomic E-state index is 8.70. The topological polar surface area (TPSA) is 52.5 Å². The van der Waals surface area contributed by atoms with Crippen LogP contribution in [0.2, 0.25) is 0 Å². The Labute approximate surface area is 105 Å². The van der Waals surface area contributed by atoms with Gasteiger partial charge in [0.15, 0.2) is 0 Å². The zero-order valence-corrected chi connectivity index (χ0v) is 9.72. The quantitative estimate of drug-likeness (QED) is 0.738. The van der Waals surface area contributed by atoms with Crippen LogP contribution in [-0.4, -0.2) is 9.97 Å². The van der Waals surface area contributed by atoms with Gasteiger partial charge in [-0.3, -0.25) is 4.98 Å². The smallest absolute Gasteiger partial charge is 0.0752 e. The molecule has 2 heterocycles. The van der Waals surface area contributed by atoms with Crippen LogP contribution in [0, 0.1) is 11.3 Å². The first kappa shape index (κ1) is 10.5. The minimum atomic E-state index is 0.410. The summed E-state index contributed by atoms with van der Waals surface area (Å²) in [5, 5.41) is 9.81. The van der Waals surface area contributed by atoms with Gasteiger partial charge in [-0.25, -0.2) is 0 Å². The molecule has 1 aromatic carbocycles. The summed E-state index contributed by atoms with van der Waals surface area (Å²) in [6.45, 7) is 0. The Balaban J connectivity index is 2.09. The van der Waals surface area contributed by atoms with E-state index in [4.69, 9.17) is 5.26 Å². The number of H-pyrrole nitrogens is 1. The van der Waals surface area contributed by atoms with E-state index in [1.54, 1.807) is 6.20 Å². The fourth-order valence-electron chi connectivity index (χ4n) is 2.07. The zero-order chi connectivity index (χ0) is 12.4. The Hall–Kier alpha value is -2.60. The molecule has 0 spiro atoms. The Morgan fingerprint density at radius 1 is 1.17 bits per heavy atom. The molecule has 3 heteroatoms. The van der Waals surface area contributed by atoms with Crippen molar-refractivity contribution < 1.29 is 0 Å². The molecule has 0 fully saturated rings. The predicted molar refractivity (Wildman–Crippen MR) is 70.8 cm³/mol. The normalized spacial score (nSPS) is 10.4. The monoisotopic (exact) mass is 233 g/mol. The third-order valence-corrected chi connectivity index (χ3v) is 2.91. The second-order valence-electron chi connectivity index (χ2n) is 4.15. The summed E-state index contributed by atoms with van der Waals surface area (Å²) in [6, 6.07) is 16.2. The van der Waals surface area contributed by atoms with Crippen molar-refractivity contribution in [2.75, 3.05) is 0 Å². The molecule has 0 amide bonds. The number of hydrogen-bond donors (Lipinski definition) is 1. The van der Waals surface area contributed by atoms with Crippen molar-refractivity contribution in [1.82, 2.24) is 9.97 Å². The highest BCUT2D eigenvalue weighted by molar-refractivity contribution is 5.85. The molecule has 0 saturated heterocycles. The first-order valence-corrected chi connectivity index (χ1v) is 5.77. The van der Waals surface area contributed by atoms with Crippen LogP contribution in [0.3, 0.4) is 0 Å². The van der Waals surface area contributed by atoms with Gasteiger partial charge < -0.3 is 4.98 Å². The van der Waals surface area contributed by atoms with Crippen molar-refractivity contribution >= 4 is 10.9 Å². The van der Waals surface area contributed by atoms with Crippen LogP contribution in [0.5, 0.6) is 0 Å². The van der Waals surface area contributed by atoms with Crippen LogP contribution in [0.25, 0.3) is 22.2 Å². The molecule has 3 aromatic rings. The highest BCUT2D eigenvalue weighted by Crippen LogP contribution is 2.23. The highest BCUT2D eigenvalue weighted by Gasteiger charge is 2.03. The molecule has 0 atom stereocenters. The van der Waals surface area contributed by atoms with Gasteiger partial charge in [-0.2, -0.15) is 5.26 Å². The van der Waals surface area contributed by atoms with E-state index in [-0.39, 0.29) is 0 Å². The molecule has 0 bridgehead atoms. The van der Waals surface area contributed by atoms with Gasteiger partial charge in [-0.15, -0.1) is 0 Å². The van der Waals surface area contributed by atoms with E-state index < -0.39 is 0 Å². The minimum Gasteiger partial charge on any atom is -0.358 e. The highest BCUT2D eigenvalue weighted by atomic mass is 14.7. The second-order valence-corrected chi connectivity index (χ2v) is 4.15. The lowest BCUT2D eigenvalue weighted by Gasteiger charge is -1.99. The van der Waals surface area contributed by atoms with Crippen LogP contribution in [0.4, 0.5) is 0 Å². The van der Waals surface area contributed by atoms with E-state index in [2.05, 4.69) is 22.1 Å². The van der Waals surface area contributed by atoms with Gasteiger partial charge in [0.1, 0.15) is 0 Å². The lowest BCUT2D eigenvalue weighted by Crippen LogP contribution is -1.81. The van der Waals surface area contributed by atoms with Crippen molar-refractivity contribution in [3.63, 3.8) is 0 Å². The molecule has 2 aromatic heterocycles. The third-order valence-electron chi connectivity index (χ3n) is 2.91. The number of nitrogens with one attached hydrogen (secondary N) is 1. The first-order valence-electron chi connectivity index (χ1n) is 5.77. The Kier molecular flexibility index (Phi) is 2.54. The van der Waals surface area contributed by atoms with Crippen LogP contribution in [0.1, 0.15) is 5.69 Å². The van der Waals surface area contributed by atoms with Crippen molar-refractivity contribution in [3.8, 4) is 17.3 Å². The summed E-state index contributed by atoms with van der Waals surface area (Å²) in [5.41, 5.74) is 4.05. The fraction of sp³-hybridized carbons (Fsp3) is 0.0667. The zero-order valence-electron chi connectivity index (χ0n) is 9.72. The number of benzene rings is 1. The Morgan fingerprint density at radius 2 is 2.11 bits per heavy atom. The van der Waals surface area contributed by atoms with Crippen molar-refractivity contribution in [2.24, 2.45) is 0 Å². The van der Waals surface area contributed by atoms with Crippen molar-refractivity contribution in [2.45, 2.75) is 6.42 Å².